The van der Waals surface area contributed by atoms with Crippen LogP contribution < -0.4 is 14.4 Å². The van der Waals surface area contributed by atoms with E-state index in [-0.39, 0.29) is 17.3 Å². The number of aliphatic hydroxyl groups is 1. The van der Waals surface area contributed by atoms with Crippen molar-refractivity contribution >= 4 is 23.1 Å². The minimum absolute atomic E-state index is 0.0512. The molecule has 1 saturated heterocycles. The summed E-state index contributed by atoms with van der Waals surface area (Å²) in [4.78, 5) is 28.5. The largest absolute Gasteiger partial charge is 0.507 e. The number of nitrogens with zero attached hydrogens (tertiary/aromatic N) is 1. The number of ether oxygens (including phenoxy) is 2. The molecule has 1 aliphatic rings. The number of rotatable bonds is 9. The van der Waals surface area contributed by atoms with Crippen molar-refractivity contribution in [2.45, 2.75) is 53.5 Å². The van der Waals surface area contributed by atoms with Crippen LogP contribution in [0.4, 0.5) is 5.69 Å². The van der Waals surface area contributed by atoms with Crippen molar-refractivity contribution in [2.75, 3.05) is 18.1 Å². The van der Waals surface area contributed by atoms with Crippen LogP contribution in [-0.2, 0) is 9.59 Å². The van der Waals surface area contributed by atoms with Crippen molar-refractivity contribution in [3.63, 3.8) is 0 Å². The molecule has 0 saturated carbocycles. The number of amides is 1. The number of anilines is 1. The highest BCUT2D eigenvalue weighted by Gasteiger charge is 2.47. The first-order valence-corrected chi connectivity index (χ1v) is 13.5. The second kappa shape index (κ2) is 11.8. The minimum Gasteiger partial charge on any atom is -0.507 e. The van der Waals surface area contributed by atoms with Crippen LogP contribution in [0, 0.1) is 12.8 Å². The Kier molecular flexibility index (Phi) is 8.44. The van der Waals surface area contributed by atoms with Crippen LogP contribution in [0.15, 0.2) is 72.3 Å². The van der Waals surface area contributed by atoms with E-state index >= 15 is 0 Å². The maximum Gasteiger partial charge on any atom is 0.300 e. The average Bonchev–Trinajstić information content (AvgIpc) is 3.18. The zero-order chi connectivity index (χ0) is 28.3. The Morgan fingerprint density at radius 3 is 2.18 bits per heavy atom. The third kappa shape index (κ3) is 5.85. The molecule has 0 bridgehead atoms. The average molecular weight is 528 g/mol. The fourth-order valence-corrected chi connectivity index (χ4v) is 4.72. The Hall–Kier alpha value is -4.06. The second-order valence-corrected chi connectivity index (χ2v) is 10.6. The van der Waals surface area contributed by atoms with Crippen LogP contribution in [0.3, 0.4) is 0 Å². The lowest BCUT2D eigenvalue weighted by Crippen LogP contribution is -2.29. The number of benzene rings is 3. The first-order chi connectivity index (χ1) is 18.6. The lowest BCUT2D eigenvalue weighted by molar-refractivity contribution is -0.132. The highest BCUT2D eigenvalue weighted by Crippen LogP contribution is 2.43. The lowest BCUT2D eigenvalue weighted by Gasteiger charge is -2.26. The molecular weight excluding hydrogens is 490 g/mol. The second-order valence-electron chi connectivity index (χ2n) is 10.6. The van der Waals surface area contributed by atoms with Crippen LogP contribution in [-0.4, -0.2) is 30.0 Å². The Bertz CT molecular complexity index is 1370. The third-order valence-corrected chi connectivity index (χ3v) is 6.74. The minimum atomic E-state index is -0.805. The molecular formula is C33H37NO5. The maximum atomic E-state index is 13.5. The van der Waals surface area contributed by atoms with Gasteiger partial charge in [0.2, 0.25) is 0 Å². The molecule has 0 spiro atoms. The van der Waals surface area contributed by atoms with Gasteiger partial charge in [-0.05, 0) is 79.3 Å². The monoisotopic (exact) mass is 527 g/mol. The fourth-order valence-electron chi connectivity index (χ4n) is 4.72. The molecule has 4 rings (SSSR count). The molecule has 0 aliphatic carbocycles. The molecule has 39 heavy (non-hydrogen) atoms. The zero-order valence-corrected chi connectivity index (χ0v) is 23.5. The van der Waals surface area contributed by atoms with Crippen molar-refractivity contribution < 1.29 is 24.2 Å². The number of carbonyl (C=O) groups is 2. The number of hydrogen-bond acceptors (Lipinski definition) is 5. The summed E-state index contributed by atoms with van der Waals surface area (Å²) in [6.45, 7) is 13.2. The predicted molar refractivity (Wildman–Crippen MR) is 154 cm³/mol. The molecule has 1 atom stereocenters. The van der Waals surface area contributed by atoms with Crippen LogP contribution in [0.1, 0.15) is 68.8 Å². The van der Waals surface area contributed by atoms with Gasteiger partial charge in [0.1, 0.15) is 17.3 Å². The lowest BCUT2D eigenvalue weighted by atomic mass is 9.93. The molecule has 1 amide bonds. The Labute approximate surface area is 230 Å². The molecule has 1 heterocycles. The van der Waals surface area contributed by atoms with Gasteiger partial charge in [-0.2, -0.15) is 0 Å². The van der Waals surface area contributed by atoms with E-state index in [0.717, 1.165) is 16.9 Å². The van der Waals surface area contributed by atoms with Crippen molar-refractivity contribution in [1.82, 2.24) is 0 Å². The van der Waals surface area contributed by atoms with Gasteiger partial charge >= 0.3 is 0 Å². The van der Waals surface area contributed by atoms with Crippen LogP contribution in [0.25, 0.3) is 5.76 Å². The quantitative estimate of drug-likeness (QED) is 0.181. The number of aliphatic hydroxyl groups excluding tert-OH is 1. The molecule has 3 aromatic rings. The number of hydrogen-bond donors (Lipinski definition) is 1. The number of ketones is 1. The molecule has 6 heteroatoms. The van der Waals surface area contributed by atoms with Gasteiger partial charge in [-0.15, -0.1) is 0 Å². The van der Waals surface area contributed by atoms with E-state index in [9.17, 15) is 14.7 Å². The van der Waals surface area contributed by atoms with E-state index in [4.69, 9.17) is 9.47 Å². The maximum absolute atomic E-state index is 13.5. The standard InChI is InChI=1S/C33H37NO5/c1-7-38-28-17-12-24(18-27(28)21(4)5)31(35)29-30(23-10-15-26(16-11-23)39-19-20(2)3)34(33(37)32(29)36)25-13-8-22(6)9-14-25/h8-18,20-21,30,35H,7,19H2,1-6H3/b31-29-. The van der Waals surface area contributed by atoms with E-state index < -0.39 is 17.7 Å². The highest BCUT2D eigenvalue weighted by molar-refractivity contribution is 6.51. The summed E-state index contributed by atoms with van der Waals surface area (Å²) in [5.74, 6) is 0.328. The molecule has 0 aromatic heterocycles. The molecule has 1 unspecified atom stereocenters. The van der Waals surface area contributed by atoms with Crippen LogP contribution in [0.2, 0.25) is 0 Å². The first kappa shape index (κ1) is 28.0. The topological polar surface area (TPSA) is 76.1 Å². The summed E-state index contributed by atoms with van der Waals surface area (Å²) < 4.78 is 11.6. The molecule has 1 N–H and O–H groups in total. The smallest absolute Gasteiger partial charge is 0.300 e. The van der Waals surface area contributed by atoms with Crippen molar-refractivity contribution in [3.05, 3.63) is 94.6 Å². The fraction of sp³-hybridized carbons (Fsp3) is 0.333. The van der Waals surface area contributed by atoms with Gasteiger partial charge in [-0.3, -0.25) is 14.5 Å². The van der Waals surface area contributed by atoms with Gasteiger partial charge in [0.25, 0.3) is 11.7 Å². The van der Waals surface area contributed by atoms with E-state index in [2.05, 4.69) is 13.8 Å². The van der Waals surface area contributed by atoms with Gasteiger partial charge in [0.05, 0.1) is 24.8 Å². The van der Waals surface area contributed by atoms with E-state index in [1.807, 2.05) is 82.3 Å². The third-order valence-electron chi connectivity index (χ3n) is 6.74. The van der Waals surface area contributed by atoms with E-state index in [1.54, 1.807) is 12.1 Å². The molecule has 6 nitrogen and oxygen atoms in total. The Balaban J connectivity index is 1.86. The number of aryl methyl sites for hydroxylation is 1. The summed E-state index contributed by atoms with van der Waals surface area (Å²) in [7, 11) is 0. The normalized spacial score (nSPS) is 16.8. The Morgan fingerprint density at radius 2 is 1.59 bits per heavy atom. The SMILES string of the molecule is CCOc1ccc(/C(O)=C2/C(=O)C(=O)N(c3ccc(C)cc3)C2c2ccc(OCC(C)C)cc2)cc1C(C)C. The van der Waals surface area contributed by atoms with Gasteiger partial charge < -0.3 is 14.6 Å². The van der Waals surface area contributed by atoms with Gasteiger partial charge in [-0.25, -0.2) is 0 Å². The molecule has 1 aliphatic heterocycles. The molecule has 1 fully saturated rings. The zero-order valence-electron chi connectivity index (χ0n) is 23.5. The van der Waals surface area contributed by atoms with E-state index in [1.165, 1.54) is 4.90 Å². The van der Waals surface area contributed by atoms with Crippen molar-refractivity contribution in [3.8, 4) is 11.5 Å². The number of Topliss-reactive ketones (excluding diaryl/α,β-unsaturated/α-hetero) is 1. The van der Waals surface area contributed by atoms with Crippen LogP contribution in [0.5, 0.6) is 11.5 Å². The molecule has 0 radical (unpaired) electrons. The summed E-state index contributed by atoms with van der Waals surface area (Å²) in [6.07, 6.45) is 0. The van der Waals surface area contributed by atoms with Gasteiger partial charge in [-0.1, -0.05) is 57.5 Å². The number of carbonyl (C=O) groups excluding carboxylic acids is 2. The highest BCUT2D eigenvalue weighted by atomic mass is 16.5. The Morgan fingerprint density at radius 1 is 0.923 bits per heavy atom. The molecule has 204 valence electrons. The molecule has 3 aromatic carbocycles. The van der Waals surface area contributed by atoms with Crippen LogP contribution >= 0.6 is 0 Å². The summed E-state index contributed by atoms with van der Waals surface area (Å²) >= 11 is 0. The van der Waals surface area contributed by atoms with E-state index in [0.29, 0.717) is 41.7 Å². The summed E-state index contributed by atoms with van der Waals surface area (Å²) in [6, 6.07) is 19.4. The summed E-state index contributed by atoms with van der Waals surface area (Å²) in [5.41, 5.74) is 3.75. The van der Waals surface area contributed by atoms with Crippen molar-refractivity contribution in [2.24, 2.45) is 5.92 Å². The first-order valence-electron chi connectivity index (χ1n) is 13.5. The summed E-state index contributed by atoms with van der Waals surface area (Å²) in [5, 5.41) is 11.6. The predicted octanol–water partition coefficient (Wildman–Crippen LogP) is 7.18. The van der Waals surface area contributed by atoms with Gasteiger partial charge in [0.15, 0.2) is 0 Å². The van der Waals surface area contributed by atoms with Crippen molar-refractivity contribution in [1.29, 1.82) is 0 Å². The van der Waals surface area contributed by atoms with Gasteiger partial charge in [0, 0.05) is 11.3 Å².